The molecule has 8 heteroatoms. The van der Waals surface area contributed by atoms with E-state index in [1.165, 1.54) is 0 Å². The van der Waals surface area contributed by atoms with E-state index in [2.05, 4.69) is 20.9 Å². The average Bonchev–Trinajstić information content (AvgIpc) is 2.14. The lowest BCUT2D eigenvalue weighted by Crippen LogP contribution is -2.15. The van der Waals surface area contributed by atoms with Crippen LogP contribution in [-0.2, 0) is 12.7 Å². The summed E-state index contributed by atoms with van der Waals surface area (Å²) in [5.41, 5.74) is 2.63. The Hall–Kier alpha value is -0.760. The number of nitrogens with zero attached hydrogens (tertiary/aromatic N) is 1. The average molecular weight is 305 g/mol. The van der Waals surface area contributed by atoms with Crippen LogP contribution in [0.2, 0.25) is 0 Å². The van der Waals surface area contributed by atoms with Crippen LogP contribution >= 0.6 is 15.9 Å². The topological polar surface area (TPSA) is 38.9 Å². The molecule has 0 bridgehead atoms. The van der Waals surface area contributed by atoms with Gasteiger partial charge in [0.2, 0.25) is 0 Å². The molecule has 0 amide bonds. The van der Waals surface area contributed by atoms with Crippen molar-refractivity contribution >= 4 is 15.9 Å². The molecule has 2 N–H and O–H groups in total. The fraction of sp³-hybridized carbons (Fsp3) is 0.375. The van der Waals surface area contributed by atoms with Crippen LogP contribution < -0.4 is 5.73 Å². The van der Waals surface area contributed by atoms with Crippen LogP contribution in [-0.4, -0.2) is 4.98 Å². The molecule has 1 aromatic rings. The van der Waals surface area contributed by atoms with Crippen molar-refractivity contribution in [1.29, 1.82) is 0 Å². The Morgan fingerprint density at radius 1 is 1.38 bits per heavy atom. The molecule has 0 spiro atoms. The van der Waals surface area contributed by atoms with Gasteiger partial charge in [-0.3, -0.25) is 4.98 Å². The Morgan fingerprint density at radius 2 is 1.94 bits per heavy atom. The van der Waals surface area contributed by atoms with Gasteiger partial charge in [0, 0.05) is 12.7 Å². The first-order valence-electron chi connectivity index (χ1n) is 4.01. The molecule has 0 saturated carbocycles. The van der Waals surface area contributed by atoms with Crippen molar-refractivity contribution in [3.05, 3.63) is 27.5 Å². The predicted molar refractivity (Wildman–Crippen MR) is 49.8 cm³/mol. The van der Waals surface area contributed by atoms with E-state index in [1.54, 1.807) is 0 Å². The Bertz CT molecular complexity index is 391. The molecule has 1 aromatic heterocycles. The van der Waals surface area contributed by atoms with Crippen LogP contribution in [0.1, 0.15) is 23.2 Å². The zero-order chi connectivity index (χ0) is 12.5. The zero-order valence-electron chi connectivity index (χ0n) is 7.65. The number of nitrogens with two attached hydrogens (primary N) is 1. The van der Waals surface area contributed by atoms with E-state index in [0.29, 0.717) is 0 Å². The number of alkyl halides is 5. The van der Waals surface area contributed by atoms with E-state index in [-0.39, 0.29) is 5.56 Å². The molecule has 0 atom stereocenters. The van der Waals surface area contributed by atoms with Gasteiger partial charge in [0.05, 0.1) is 10.0 Å². The third-order valence-electron chi connectivity index (χ3n) is 1.84. The summed E-state index contributed by atoms with van der Waals surface area (Å²) in [5.74, 6) is 0. The molecule has 0 radical (unpaired) electrons. The van der Waals surface area contributed by atoms with Crippen LogP contribution in [0.4, 0.5) is 22.0 Å². The van der Waals surface area contributed by atoms with Gasteiger partial charge in [-0.1, -0.05) is 0 Å². The third-order valence-corrected chi connectivity index (χ3v) is 2.64. The molecule has 0 fully saturated rings. The number of hydrogen-bond donors (Lipinski definition) is 1. The summed E-state index contributed by atoms with van der Waals surface area (Å²) in [7, 11) is 0. The van der Waals surface area contributed by atoms with Crippen LogP contribution in [0.15, 0.2) is 10.7 Å². The highest BCUT2D eigenvalue weighted by Crippen LogP contribution is 2.40. The summed E-state index contributed by atoms with van der Waals surface area (Å²) >= 11 is 2.49. The summed E-state index contributed by atoms with van der Waals surface area (Å²) in [6.07, 6.45) is -7.11. The smallest absolute Gasteiger partial charge is 0.326 e. The molecule has 0 saturated heterocycles. The van der Waals surface area contributed by atoms with E-state index >= 15 is 0 Å². The highest BCUT2D eigenvalue weighted by atomic mass is 79.9. The summed E-state index contributed by atoms with van der Waals surface area (Å²) in [5, 5.41) is 0. The van der Waals surface area contributed by atoms with Crippen molar-refractivity contribution in [3.63, 3.8) is 0 Å². The van der Waals surface area contributed by atoms with Gasteiger partial charge >= 0.3 is 6.18 Å². The second-order valence-electron chi connectivity index (χ2n) is 2.86. The SMILES string of the molecule is NCc1cnc(C(F)F)c(Br)c1C(F)(F)F. The van der Waals surface area contributed by atoms with Gasteiger partial charge in [-0.15, -0.1) is 0 Å². The monoisotopic (exact) mass is 304 g/mol. The first-order chi connectivity index (χ1) is 7.29. The molecule has 0 aliphatic rings. The maximum Gasteiger partial charge on any atom is 0.417 e. The second-order valence-corrected chi connectivity index (χ2v) is 3.65. The van der Waals surface area contributed by atoms with Crippen LogP contribution in [0.25, 0.3) is 0 Å². The number of aromatic nitrogens is 1. The first-order valence-corrected chi connectivity index (χ1v) is 4.81. The number of pyridine rings is 1. The molecular weight excluding hydrogens is 299 g/mol. The van der Waals surface area contributed by atoms with E-state index in [4.69, 9.17) is 5.73 Å². The van der Waals surface area contributed by atoms with Crippen molar-refractivity contribution in [2.45, 2.75) is 19.1 Å². The van der Waals surface area contributed by atoms with Crippen molar-refractivity contribution in [3.8, 4) is 0 Å². The van der Waals surface area contributed by atoms with E-state index < -0.39 is 34.9 Å². The maximum atomic E-state index is 12.6. The highest BCUT2D eigenvalue weighted by Gasteiger charge is 2.37. The van der Waals surface area contributed by atoms with Crippen molar-refractivity contribution in [1.82, 2.24) is 4.98 Å². The zero-order valence-corrected chi connectivity index (χ0v) is 9.24. The standard InChI is InChI=1S/C8H6BrF5N2/c9-5-4(8(12,13)14)3(1-15)2-16-6(5)7(10)11/h2,7H,1,15H2. The van der Waals surface area contributed by atoms with Gasteiger partial charge in [-0.05, 0) is 21.5 Å². The van der Waals surface area contributed by atoms with Gasteiger partial charge in [-0.25, -0.2) is 8.78 Å². The molecule has 0 aromatic carbocycles. The predicted octanol–water partition coefficient (Wildman–Crippen LogP) is 3.26. The molecule has 1 heterocycles. The van der Waals surface area contributed by atoms with Gasteiger partial charge in [-0.2, -0.15) is 13.2 Å². The van der Waals surface area contributed by atoms with Gasteiger partial charge < -0.3 is 5.73 Å². The maximum absolute atomic E-state index is 12.6. The Labute approximate surface area is 95.8 Å². The fourth-order valence-electron chi connectivity index (χ4n) is 1.15. The van der Waals surface area contributed by atoms with E-state index in [9.17, 15) is 22.0 Å². The minimum Gasteiger partial charge on any atom is -0.326 e. The normalized spacial score (nSPS) is 12.2. The lowest BCUT2D eigenvalue weighted by Gasteiger charge is -2.15. The molecule has 1 rings (SSSR count). The van der Waals surface area contributed by atoms with Crippen molar-refractivity contribution < 1.29 is 22.0 Å². The van der Waals surface area contributed by atoms with Gasteiger partial charge in [0.15, 0.2) is 0 Å². The Morgan fingerprint density at radius 3 is 2.31 bits per heavy atom. The van der Waals surface area contributed by atoms with E-state index in [1.807, 2.05) is 0 Å². The fourth-order valence-corrected chi connectivity index (χ4v) is 1.91. The third kappa shape index (κ3) is 2.49. The first kappa shape index (κ1) is 13.3. The number of hydrogen-bond acceptors (Lipinski definition) is 2. The summed E-state index contributed by atoms with van der Waals surface area (Å²) in [4.78, 5) is 3.25. The minimum atomic E-state index is -4.75. The summed E-state index contributed by atoms with van der Waals surface area (Å²) < 4.78 is 61.7. The largest absolute Gasteiger partial charge is 0.417 e. The molecule has 0 aliphatic carbocycles. The molecule has 16 heavy (non-hydrogen) atoms. The van der Waals surface area contributed by atoms with Gasteiger partial charge in [0.25, 0.3) is 6.43 Å². The van der Waals surface area contributed by atoms with Crippen molar-refractivity contribution in [2.75, 3.05) is 0 Å². The molecular formula is C8H6BrF5N2. The summed E-state index contributed by atoms with van der Waals surface area (Å²) in [6, 6.07) is 0. The lowest BCUT2D eigenvalue weighted by atomic mass is 10.1. The minimum absolute atomic E-state index is 0.330. The molecule has 0 aliphatic heterocycles. The van der Waals surface area contributed by atoms with Crippen LogP contribution in [0, 0.1) is 0 Å². The second kappa shape index (κ2) is 4.62. The van der Waals surface area contributed by atoms with Crippen LogP contribution in [0.5, 0.6) is 0 Å². The Kier molecular flexibility index (Phi) is 3.84. The Balaban J connectivity index is 3.47. The number of halogens is 6. The van der Waals surface area contributed by atoms with Gasteiger partial charge in [0.1, 0.15) is 5.69 Å². The highest BCUT2D eigenvalue weighted by molar-refractivity contribution is 9.10. The van der Waals surface area contributed by atoms with Crippen LogP contribution in [0.3, 0.4) is 0 Å². The number of rotatable bonds is 2. The molecule has 0 unspecified atom stereocenters. The molecule has 2 nitrogen and oxygen atoms in total. The molecule has 90 valence electrons. The summed E-state index contributed by atoms with van der Waals surface area (Å²) in [6.45, 7) is -0.427. The van der Waals surface area contributed by atoms with Crippen molar-refractivity contribution in [2.24, 2.45) is 5.73 Å². The quantitative estimate of drug-likeness (QED) is 0.852. The lowest BCUT2D eigenvalue weighted by molar-refractivity contribution is -0.139. The van der Waals surface area contributed by atoms with E-state index in [0.717, 1.165) is 6.20 Å².